The van der Waals surface area contributed by atoms with E-state index in [0.29, 0.717) is 6.61 Å². The fourth-order valence-corrected chi connectivity index (χ4v) is 2.95. The number of esters is 1. The maximum absolute atomic E-state index is 12.5. The summed E-state index contributed by atoms with van der Waals surface area (Å²) in [5.41, 5.74) is 4.84. The quantitative estimate of drug-likeness (QED) is 0.545. The summed E-state index contributed by atoms with van der Waals surface area (Å²) in [6.45, 7) is 1.49. The van der Waals surface area contributed by atoms with Crippen LogP contribution in [-0.2, 0) is 19.6 Å². The van der Waals surface area contributed by atoms with Crippen LogP contribution in [0.1, 0.15) is 17.3 Å². The highest BCUT2D eigenvalue weighted by Gasteiger charge is 2.21. The predicted octanol–water partition coefficient (Wildman–Crippen LogP) is 1.50. The summed E-state index contributed by atoms with van der Waals surface area (Å²) in [7, 11) is -4.22. The van der Waals surface area contributed by atoms with Crippen molar-refractivity contribution in [2.75, 3.05) is 13.2 Å². The molecule has 0 bridgehead atoms. The molecule has 0 aliphatic heterocycles. The lowest BCUT2D eigenvalue weighted by Gasteiger charge is -2.12. The Kier molecular flexibility index (Phi) is 6.18. The lowest BCUT2D eigenvalue weighted by Crippen LogP contribution is -2.21. The van der Waals surface area contributed by atoms with Crippen LogP contribution in [-0.4, -0.2) is 33.5 Å². The fourth-order valence-electron chi connectivity index (χ4n) is 1.96. The molecule has 2 rings (SSSR count). The van der Waals surface area contributed by atoms with Crippen molar-refractivity contribution in [2.45, 2.75) is 11.8 Å². The number of hydrogen-bond donors (Lipinski definition) is 1. The monoisotopic (exact) mass is 379 g/mol. The third kappa shape index (κ3) is 4.96. The first-order valence-corrected chi connectivity index (χ1v) is 8.96. The minimum atomic E-state index is -4.22. The SMILES string of the molecule is CCOc1ccccc1OS(=O)(=O)c1cccc(C(=O)OCC(N)=O)c1. The summed E-state index contributed by atoms with van der Waals surface area (Å²) in [5.74, 6) is -1.40. The van der Waals surface area contributed by atoms with Gasteiger partial charge in [-0.3, -0.25) is 4.79 Å². The molecular weight excluding hydrogens is 362 g/mol. The smallest absolute Gasteiger partial charge is 0.339 e. The standard InChI is InChI=1S/C17H17NO7S/c1-2-23-14-8-3-4-9-15(14)25-26(21,22)13-7-5-6-12(10-13)17(20)24-11-16(18)19/h3-10H,2,11H2,1H3,(H2,18,19). The van der Waals surface area contributed by atoms with E-state index in [4.69, 9.17) is 14.7 Å². The summed E-state index contributed by atoms with van der Waals surface area (Å²) in [6.07, 6.45) is 0. The zero-order valence-corrected chi connectivity index (χ0v) is 14.7. The number of primary amides is 1. The van der Waals surface area contributed by atoms with Crippen LogP contribution in [0.15, 0.2) is 53.4 Å². The van der Waals surface area contributed by atoms with Gasteiger partial charge in [-0.1, -0.05) is 18.2 Å². The van der Waals surface area contributed by atoms with E-state index in [9.17, 15) is 18.0 Å². The van der Waals surface area contributed by atoms with E-state index >= 15 is 0 Å². The fraction of sp³-hybridized carbons (Fsp3) is 0.176. The van der Waals surface area contributed by atoms with Gasteiger partial charge in [0.2, 0.25) is 0 Å². The van der Waals surface area contributed by atoms with Gasteiger partial charge in [0, 0.05) is 0 Å². The molecule has 26 heavy (non-hydrogen) atoms. The van der Waals surface area contributed by atoms with Gasteiger partial charge in [0.15, 0.2) is 18.1 Å². The molecule has 0 heterocycles. The molecule has 0 fully saturated rings. The van der Waals surface area contributed by atoms with Crippen LogP contribution in [0.3, 0.4) is 0 Å². The zero-order valence-electron chi connectivity index (χ0n) is 13.9. The molecule has 1 amide bonds. The third-order valence-electron chi connectivity index (χ3n) is 3.05. The Labute approximate surface area is 150 Å². The van der Waals surface area contributed by atoms with E-state index in [1.807, 2.05) is 0 Å². The number of rotatable bonds is 8. The van der Waals surface area contributed by atoms with Crippen LogP contribution >= 0.6 is 0 Å². The van der Waals surface area contributed by atoms with Crippen molar-refractivity contribution < 1.29 is 31.7 Å². The molecule has 0 aliphatic carbocycles. The van der Waals surface area contributed by atoms with Crippen molar-refractivity contribution in [1.29, 1.82) is 0 Å². The Morgan fingerprint density at radius 2 is 1.73 bits per heavy atom. The number of para-hydroxylation sites is 2. The van der Waals surface area contributed by atoms with E-state index in [1.165, 1.54) is 24.3 Å². The van der Waals surface area contributed by atoms with Crippen LogP contribution < -0.4 is 14.7 Å². The third-order valence-corrected chi connectivity index (χ3v) is 4.28. The first-order valence-electron chi connectivity index (χ1n) is 7.55. The molecule has 138 valence electrons. The zero-order chi connectivity index (χ0) is 19.2. The Bertz CT molecular complexity index is 909. The van der Waals surface area contributed by atoms with Crippen molar-refractivity contribution in [3.05, 3.63) is 54.1 Å². The van der Waals surface area contributed by atoms with Gasteiger partial charge in [-0.2, -0.15) is 8.42 Å². The van der Waals surface area contributed by atoms with Crippen LogP contribution in [0.25, 0.3) is 0 Å². The molecule has 0 radical (unpaired) electrons. The maximum Gasteiger partial charge on any atom is 0.339 e. The molecule has 2 N–H and O–H groups in total. The van der Waals surface area contributed by atoms with Crippen LogP contribution in [0.2, 0.25) is 0 Å². The number of carbonyl (C=O) groups excluding carboxylic acids is 2. The number of carbonyl (C=O) groups is 2. The Morgan fingerprint density at radius 1 is 1.04 bits per heavy atom. The first-order chi connectivity index (χ1) is 12.3. The second kappa shape index (κ2) is 8.34. The second-order valence-electron chi connectivity index (χ2n) is 4.99. The van der Waals surface area contributed by atoms with Gasteiger partial charge in [0.05, 0.1) is 12.2 Å². The average Bonchev–Trinajstić information content (AvgIpc) is 2.61. The van der Waals surface area contributed by atoms with Crippen molar-refractivity contribution >= 4 is 22.0 Å². The molecule has 0 aliphatic rings. The van der Waals surface area contributed by atoms with Gasteiger partial charge >= 0.3 is 16.1 Å². The number of ether oxygens (including phenoxy) is 2. The van der Waals surface area contributed by atoms with Gasteiger partial charge in [0.25, 0.3) is 5.91 Å². The first kappa shape index (κ1) is 19.3. The highest BCUT2D eigenvalue weighted by molar-refractivity contribution is 7.87. The maximum atomic E-state index is 12.5. The lowest BCUT2D eigenvalue weighted by atomic mass is 10.2. The van der Waals surface area contributed by atoms with Gasteiger partial charge in [-0.25, -0.2) is 4.79 Å². The lowest BCUT2D eigenvalue weighted by molar-refractivity contribution is -0.121. The summed E-state index contributed by atoms with van der Waals surface area (Å²) < 4.78 is 40.1. The highest BCUT2D eigenvalue weighted by Crippen LogP contribution is 2.29. The van der Waals surface area contributed by atoms with Crippen molar-refractivity contribution in [3.63, 3.8) is 0 Å². The topological polar surface area (TPSA) is 122 Å². The van der Waals surface area contributed by atoms with Crippen molar-refractivity contribution in [2.24, 2.45) is 5.73 Å². The van der Waals surface area contributed by atoms with E-state index in [2.05, 4.69) is 4.74 Å². The van der Waals surface area contributed by atoms with Gasteiger partial charge < -0.3 is 19.4 Å². The van der Waals surface area contributed by atoms with E-state index in [1.54, 1.807) is 25.1 Å². The molecule has 0 saturated carbocycles. The molecule has 2 aromatic rings. The molecule has 8 nitrogen and oxygen atoms in total. The van der Waals surface area contributed by atoms with E-state index < -0.39 is 28.6 Å². The molecule has 0 spiro atoms. The molecule has 0 unspecified atom stereocenters. The van der Waals surface area contributed by atoms with E-state index in [-0.39, 0.29) is 22.0 Å². The molecule has 0 aromatic heterocycles. The Balaban J connectivity index is 2.26. The predicted molar refractivity (Wildman–Crippen MR) is 91.3 cm³/mol. The minimum absolute atomic E-state index is 0.0241. The number of amides is 1. The number of benzene rings is 2. The largest absolute Gasteiger partial charge is 0.490 e. The van der Waals surface area contributed by atoms with Gasteiger partial charge in [-0.15, -0.1) is 0 Å². The molecule has 0 atom stereocenters. The Hall–Kier alpha value is -3.07. The summed E-state index contributed by atoms with van der Waals surface area (Å²) in [6, 6.07) is 11.4. The molecule has 9 heteroatoms. The van der Waals surface area contributed by atoms with Crippen LogP contribution in [0.5, 0.6) is 11.5 Å². The summed E-state index contributed by atoms with van der Waals surface area (Å²) in [4.78, 5) is 22.3. The highest BCUT2D eigenvalue weighted by atomic mass is 32.2. The second-order valence-corrected chi connectivity index (χ2v) is 6.53. The van der Waals surface area contributed by atoms with Crippen LogP contribution in [0, 0.1) is 0 Å². The minimum Gasteiger partial charge on any atom is -0.490 e. The molecule has 2 aromatic carbocycles. The molecular formula is C17H17NO7S. The number of nitrogens with two attached hydrogens (primary N) is 1. The Morgan fingerprint density at radius 3 is 2.38 bits per heavy atom. The van der Waals surface area contributed by atoms with E-state index in [0.717, 1.165) is 6.07 Å². The van der Waals surface area contributed by atoms with Gasteiger partial charge in [-0.05, 0) is 37.3 Å². The number of hydrogen-bond acceptors (Lipinski definition) is 7. The van der Waals surface area contributed by atoms with Crippen LogP contribution in [0.4, 0.5) is 0 Å². The van der Waals surface area contributed by atoms with Crippen molar-refractivity contribution in [3.8, 4) is 11.5 Å². The van der Waals surface area contributed by atoms with Crippen molar-refractivity contribution in [1.82, 2.24) is 0 Å². The average molecular weight is 379 g/mol. The normalized spacial score (nSPS) is 10.8. The van der Waals surface area contributed by atoms with Gasteiger partial charge in [0.1, 0.15) is 4.90 Å². The molecule has 0 saturated heterocycles. The summed E-state index contributed by atoms with van der Waals surface area (Å²) >= 11 is 0. The summed E-state index contributed by atoms with van der Waals surface area (Å²) in [5, 5.41) is 0.